The number of amides is 1. The van der Waals surface area contributed by atoms with Crippen LogP contribution in [-0.2, 0) is 4.79 Å². The molecule has 0 bridgehead atoms. The molecule has 1 aromatic rings. The second-order valence-corrected chi connectivity index (χ2v) is 5.03. The zero-order chi connectivity index (χ0) is 14.4. The smallest absolute Gasteiger partial charge is 0.225 e. The van der Waals surface area contributed by atoms with Crippen molar-refractivity contribution < 1.29 is 4.79 Å². The van der Waals surface area contributed by atoms with Gasteiger partial charge in [0.1, 0.15) is 6.07 Å². The Morgan fingerprint density at radius 2 is 2.30 bits per heavy atom. The number of likely N-dealkylation sites (tertiary alicyclic amines) is 1. The number of carbonyl (C=O) groups is 1. The van der Waals surface area contributed by atoms with E-state index in [2.05, 4.69) is 21.6 Å². The quantitative estimate of drug-likeness (QED) is 0.844. The summed E-state index contributed by atoms with van der Waals surface area (Å²) in [5.74, 6) is -0.0411. The maximum atomic E-state index is 11.9. The summed E-state index contributed by atoms with van der Waals surface area (Å²) in [4.78, 5) is 14.2. The van der Waals surface area contributed by atoms with Crippen LogP contribution in [0.2, 0.25) is 0 Å². The molecule has 1 atom stereocenters. The summed E-state index contributed by atoms with van der Waals surface area (Å²) in [7, 11) is 1.97. The number of rotatable bonds is 5. The SMILES string of the molecule is CNC1CCN(CCC(=O)Nc2ccccc2C#N)C1. The summed E-state index contributed by atoms with van der Waals surface area (Å²) in [6.45, 7) is 2.80. The van der Waals surface area contributed by atoms with E-state index in [1.807, 2.05) is 13.1 Å². The molecule has 1 aliphatic rings. The number of benzene rings is 1. The second kappa shape index (κ2) is 7.04. The average molecular weight is 272 g/mol. The summed E-state index contributed by atoms with van der Waals surface area (Å²) in [6.07, 6.45) is 1.59. The number of para-hydroxylation sites is 1. The normalized spacial score (nSPS) is 18.7. The van der Waals surface area contributed by atoms with E-state index < -0.39 is 0 Å². The van der Waals surface area contributed by atoms with Crippen molar-refractivity contribution in [3.8, 4) is 6.07 Å². The van der Waals surface area contributed by atoms with Gasteiger partial charge in [-0.05, 0) is 32.1 Å². The Hall–Kier alpha value is -1.90. The topological polar surface area (TPSA) is 68.2 Å². The van der Waals surface area contributed by atoms with Gasteiger partial charge in [0.15, 0.2) is 0 Å². The van der Waals surface area contributed by atoms with Gasteiger partial charge in [0.25, 0.3) is 0 Å². The van der Waals surface area contributed by atoms with Gasteiger partial charge in [-0.3, -0.25) is 4.79 Å². The minimum atomic E-state index is -0.0411. The lowest BCUT2D eigenvalue weighted by Crippen LogP contribution is -2.31. The van der Waals surface area contributed by atoms with E-state index in [9.17, 15) is 4.79 Å². The predicted octanol–water partition coefficient (Wildman–Crippen LogP) is 1.18. The van der Waals surface area contributed by atoms with Crippen molar-refractivity contribution in [2.75, 3.05) is 32.0 Å². The Labute approximate surface area is 119 Å². The first-order valence-corrected chi connectivity index (χ1v) is 6.91. The highest BCUT2D eigenvalue weighted by Crippen LogP contribution is 2.14. The van der Waals surface area contributed by atoms with Crippen LogP contribution in [0.1, 0.15) is 18.4 Å². The van der Waals surface area contributed by atoms with Crippen LogP contribution in [-0.4, -0.2) is 43.5 Å². The van der Waals surface area contributed by atoms with Crippen LogP contribution in [0.4, 0.5) is 5.69 Å². The molecule has 5 heteroatoms. The number of anilines is 1. The zero-order valence-electron chi connectivity index (χ0n) is 11.7. The minimum absolute atomic E-state index is 0.0411. The van der Waals surface area contributed by atoms with Gasteiger partial charge in [0, 0.05) is 25.6 Å². The second-order valence-electron chi connectivity index (χ2n) is 5.03. The van der Waals surface area contributed by atoms with Crippen LogP contribution >= 0.6 is 0 Å². The number of likely N-dealkylation sites (N-methyl/N-ethyl adjacent to an activating group) is 1. The van der Waals surface area contributed by atoms with Crippen molar-refractivity contribution in [3.05, 3.63) is 29.8 Å². The van der Waals surface area contributed by atoms with Crippen molar-refractivity contribution in [3.63, 3.8) is 0 Å². The molecule has 5 nitrogen and oxygen atoms in total. The molecular formula is C15H20N4O. The van der Waals surface area contributed by atoms with E-state index in [4.69, 9.17) is 5.26 Å². The minimum Gasteiger partial charge on any atom is -0.325 e. The molecule has 1 aromatic carbocycles. The summed E-state index contributed by atoms with van der Waals surface area (Å²) in [5, 5.41) is 15.0. The Kier molecular flexibility index (Phi) is 5.10. The van der Waals surface area contributed by atoms with Crippen LogP contribution < -0.4 is 10.6 Å². The number of nitriles is 1. The van der Waals surface area contributed by atoms with E-state index in [0.717, 1.165) is 26.1 Å². The molecule has 0 aliphatic carbocycles. The molecule has 0 aromatic heterocycles. The van der Waals surface area contributed by atoms with Gasteiger partial charge >= 0.3 is 0 Å². The Bertz CT molecular complexity index is 509. The first-order chi connectivity index (χ1) is 9.72. The maximum Gasteiger partial charge on any atom is 0.225 e. The Balaban J connectivity index is 1.80. The summed E-state index contributed by atoms with van der Waals surface area (Å²) >= 11 is 0. The highest BCUT2D eigenvalue weighted by molar-refractivity contribution is 5.92. The molecule has 1 unspecified atom stereocenters. The first-order valence-electron chi connectivity index (χ1n) is 6.91. The molecular weight excluding hydrogens is 252 g/mol. The lowest BCUT2D eigenvalue weighted by molar-refractivity contribution is -0.116. The van der Waals surface area contributed by atoms with Crippen LogP contribution in [0.15, 0.2) is 24.3 Å². The van der Waals surface area contributed by atoms with Gasteiger partial charge in [-0.1, -0.05) is 12.1 Å². The van der Waals surface area contributed by atoms with E-state index in [0.29, 0.717) is 23.7 Å². The number of nitrogens with one attached hydrogen (secondary N) is 2. The fourth-order valence-corrected chi connectivity index (χ4v) is 2.43. The van der Waals surface area contributed by atoms with Crippen LogP contribution in [0.25, 0.3) is 0 Å². The lowest BCUT2D eigenvalue weighted by atomic mass is 10.2. The average Bonchev–Trinajstić information content (AvgIpc) is 2.94. The van der Waals surface area contributed by atoms with E-state index in [-0.39, 0.29) is 5.91 Å². The summed E-state index contributed by atoms with van der Waals surface area (Å²) in [6, 6.07) is 9.67. The number of hydrogen-bond acceptors (Lipinski definition) is 4. The van der Waals surface area contributed by atoms with Crippen LogP contribution in [0.3, 0.4) is 0 Å². The maximum absolute atomic E-state index is 11.9. The standard InChI is InChI=1S/C15H20N4O/c1-17-13-6-8-19(11-13)9-7-15(20)18-14-5-3-2-4-12(14)10-16/h2-5,13,17H,6-9,11H2,1H3,(H,18,20). The molecule has 0 saturated carbocycles. The molecule has 1 heterocycles. The molecule has 1 amide bonds. The molecule has 106 valence electrons. The van der Waals surface area contributed by atoms with Crippen molar-refractivity contribution in [2.45, 2.75) is 18.9 Å². The zero-order valence-corrected chi connectivity index (χ0v) is 11.7. The first kappa shape index (κ1) is 14.5. The van der Waals surface area contributed by atoms with Gasteiger partial charge in [0.05, 0.1) is 11.3 Å². The Morgan fingerprint density at radius 3 is 3.00 bits per heavy atom. The molecule has 2 N–H and O–H groups in total. The highest BCUT2D eigenvalue weighted by atomic mass is 16.1. The van der Waals surface area contributed by atoms with Crippen LogP contribution in [0.5, 0.6) is 0 Å². The van der Waals surface area contributed by atoms with Crippen LogP contribution in [0, 0.1) is 11.3 Å². The summed E-state index contributed by atoms with van der Waals surface area (Å²) in [5.41, 5.74) is 1.09. The fourth-order valence-electron chi connectivity index (χ4n) is 2.43. The van der Waals surface area contributed by atoms with Gasteiger partial charge in [-0.25, -0.2) is 0 Å². The van der Waals surface area contributed by atoms with Crippen molar-refractivity contribution in [1.82, 2.24) is 10.2 Å². The predicted molar refractivity (Wildman–Crippen MR) is 78.3 cm³/mol. The van der Waals surface area contributed by atoms with E-state index in [1.165, 1.54) is 0 Å². The molecule has 1 fully saturated rings. The number of nitrogens with zero attached hydrogens (tertiary/aromatic N) is 2. The van der Waals surface area contributed by atoms with Crippen molar-refractivity contribution in [1.29, 1.82) is 5.26 Å². The third-order valence-electron chi connectivity index (χ3n) is 3.66. The molecule has 20 heavy (non-hydrogen) atoms. The molecule has 1 saturated heterocycles. The van der Waals surface area contributed by atoms with Gasteiger partial charge < -0.3 is 15.5 Å². The van der Waals surface area contributed by atoms with E-state index >= 15 is 0 Å². The Morgan fingerprint density at radius 1 is 1.50 bits per heavy atom. The van der Waals surface area contributed by atoms with Crippen molar-refractivity contribution in [2.24, 2.45) is 0 Å². The van der Waals surface area contributed by atoms with Gasteiger partial charge in [-0.2, -0.15) is 5.26 Å². The monoisotopic (exact) mass is 272 g/mol. The van der Waals surface area contributed by atoms with Crippen molar-refractivity contribution >= 4 is 11.6 Å². The number of hydrogen-bond donors (Lipinski definition) is 2. The molecule has 0 spiro atoms. The van der Waals surface area contributed by atoms with Gasteiger partial charge in [0.2, 0.25) is 5.91 Å². The molecule has 2 rings (SSSR count). The third-order valence-corrected chi connectivity index (χ3v) is 3.66. The lowest BCUT2D eigenvalue weighted by Gasteiger charge is -2.15. The number of carbonyl (C=O) groups excluding carboxylic acids is 1. The van der Waals surface area contributed by atoms with Gasteiger partial charge in [-0.15, -0.1) is 0 Å². The summed E-state index contributed by atoms with van der Waals surface area (Å²) < 4.78 is 0. The fraction of sp³-hybridized carbons (Fsp3) is 0.467. The largest absolute Gasteiger partial charge is 0.325 e. The van der Waals surface area contributed by atoms with E-state index in [1.54, 1.807) is 18.2 Å². The molecule has 1 aliphatic heterocycles. The third kappa shape index (κ3) is 3.80. The highest BCUT2D eigenvalue weighted by Gasteiger charge is 2.21. The molecule has 0 radical (unpaired) electrons.